The van der Waals surface area contributed by atoms with Crippen LogP contribution in [0.5, 0.6) is 0 Å². The summed E-state index contributed by atoms with van der Waals surface area (Å²) in [6.07, 6.45) is 13.4. The Morgan fingerprint density at radius 3 is 2.59 bits per heavy atom. The molecule has 0 aromatic carbocycles. The van der Waals surface area contributed by atoms with Gasteiger partial charge in [0.05, 0.1) is 12.2 Å². The second kappa shape index (κ2) is 8.80. The summed E-state index contributed by atoms with van der Waals surface area (Å²) in [5.41, 5.74) is 3.49. The number of hydrogen-bond acceptors (Lipinski definition) is 3. The lowest BCUT2D eigenvalue weighted by atomic mass is 9.62. The smallest absolute Gasteiger partial charge is 0.119 e. The predicted molar refractivity (Wildman–Crippen MR) is 118 cm³/mol. The molecule has 3 aliphatic rings. The SMILES string of the molecule is C[C@H](CC#CC(C)(C)O)C1=CC[C@H]2/C(=C/C=C3CC(O)C[C@H](O)C3)CCC[C@]12C. The Kier molecular flexibility index (Phi) is 6.78. The maximum absolute atomic E-state index is 9.94. The molecule has 0 bridgehead atoms. The van der Waals surface area contributed by atoms with Crippen LogP contribution in [0.3, 0.4) is 0 Å². The zero-order chi connectivity index (χ0) is 21.2. The highest BCUT2D eigenvalue weighted by atomic mass is 16.3. The third-order valence-electron chi connectivity index (χ3n) is 7.02. The molecule has 1 unspecified atom stereocenters. The molecule has 3 aliphatic carbocycles. The fourth-order valence-corrected chi connectivity index (χ4v) is 5.68. The predicted octanol–water partition coefficient (Wildman–Crippen LogP) is 4.68. The second-order valence-corrected chi connectivity index (χ2v) is 10.2. The van der Waals surface area contributed by atoms with Crippen molar-refractivity contribution in [3.05, 3.63) is 34.9 Å². The maximum atomic E-state index is 9.94. The Hall–Kier alpha value is -1.34. The van der Waals surface area contributed by atoms with Crippen molar-refractivity contribution >= 4 is 0 Å². The zero-order valence-corrected chi connectivity index (χ0v) is 18.5. The highest BCUT2D eigenvalue weighted by molar-refractivity contribution is 5.35. The molecule has 0 spiro atoms. The third kappa shape index (κ3) is 5.43. The van der Waals surface area contributed by atoms with Gasteiger partial charge in [-0.1, -0.05) is 60.6 Å². The van der Waals surface area contributed by atoms with Crippen LogP contribution in [0.25, 0.3) is 0 Å². The largest absolute Gasteiger partial charge is 0.393 e. The van der Waals surface area contributed by atoms with E-state index in [2.05, 4.69) is 43.9 Å². The molecule has 3 nitrogen and oxygen atoms in total. The molecule has 160 valence electrons. The van der Waals surface area contributed by atoms with E-state index in [4.69, 9.17) is 0 Å². The van der Waals surface area contributed by atoms with Crippen LogP contribution >= 0.6 is 0 Å². The molecule has 0 aromatic rings. The number of rotatable bonds is 3. The second-order valence-electron chi connectivity index (χ2n) is 10.2. The van der Waals surface area contributed by atoms with E-state index in [1.807, 2.05) is 0 Å². The molecule has 0 amide bonds. The average molecular weight is 399 g/mol. The summed E-state index contributed by atoms with van der Waals surface area (Å²) in [4.78, 5) is 0. The highest BCUT2D eigenvalue weighted by Crippen LogP contribution is 2.56. The molecule has 2 saturated carbocycles. The van der Waals surface area contributed by atoms with E-state index in [1.54, 1.807) is 13.8 Å². The van der Waals surface area contributed by atoms with Crippen LogP contribution < -0.4 is 0 Å². The average Bonchev–Trinajstić information content (AvgIpc) is 2.95. The van der Waals surface area contributed by atoms with E-state index in [0.717, 1.165) is 24.8 Å². The number of fused-ring (bicyclic) bond motifs is 1. The minimum absolute atomic E-state index is 0.198. The van der Waals surface area contributed by atoms with Gasteiger partial charge in [0, 0.05) is 6.42 Å². The normalized spacial score (nSPS) is 36.4. The topological polar surface area (TPSA) is 60.7 Å². The first kappa shape index (κ1) is 22.3. The first-order valence-corrected chi connectivity index (χ1v) is 11.3. The Morgan fingerprint density at radius 2 is 1.93 bits per heavy atom. The van der Waals surface area contributed by atoms with E-state index in [-0.39, 0.29) is 5.41 Å². The number of aliphatic hydroxyl groups excluding tert-OH is 2. The first-order chi connectivity index (χ1) is 13.6. The van der Waals surface area contributed by atoms with Crippen molar-refractivity contribution in [2.45, 2.75) is 96.9 Å². The van der Waals surface area contributed by atoms with Gasteiger partial charge in [-0.15, -0.1) is 0 Å². The van der Waals surface area contributed by atoms with Crippen molar-refractivity contribution in [1.82, 2.24) is 0 Å². The zero-order valence-electron chi connectivity index (χ0n) is 18.5. The lowest BCUT2D eigenvalue weighted by molar-refractivity contribution is 0.0609. The van der Waals surface area contributed by atoms with Crippen molar-refractivity contribution < 1.29 is 15.3 Å². The van der Waals surface area contributed by atoms with Crippen molar-refractivity contribution in [2.24, 2.45) is 17.3 Å². The molecular formula is C26H38O3. The van der Waals surface area contributed by atoms with Crippen molar-refractivity contribution in [2.75, 3.05) is 0 Å². The Balaban J connectivity index is 1.72. The van der Waals surface area contributed by atoms with E-state index in [0.29, 0.717) is 31.1 Å². The molecule has 2 fully saturated rings. The van der Waals surface area contributed by atoms with E-state index >= 15 is 0 Å². The first-order valence-electron chi connectivity index (χ1n) is 11.3. The molecular weight excluding hydrogens is 360 g/mol. The quantitative estimate of drug-likeness (QED) is 0.478. The van der Waals surface area contributed by atoms with Gasteiger partial charge in [0.1, 0.15) is 5.60 Å². The monoisotopic (exact) mass is 398 g/mol. The lowest BCUT2D eigenvalue weighted by Gasteiger charge is -2.42. The standard InChI is InChI=1S/C26H38O3/c1-18(7-5-13-25(2,3)29)23-11-12-24-20(8-6-14-26(23,24)4)10-9-19-15-21(27)17-22(28)16-19/h9-11,18,21-22,24,27-29H,6-8,12,14-17H2,1-4H3/b19-9?,20-10+/t18-,21-,22?,24+,26-/m1/s1. The summed E-state index contributed by atoms with van der Waals surface area (Å²) in [6.45, 7) is 8.15. The fourth-order valence-electron chi connectivity index (χ4n) is 5.68. The van der Waals surface area contributed by atoms with Gasteiger partial charge in [0.15, 0.2) is 0 Å². The highest BCUT2D eigenvalue weighted by Gasteiger charge is 2.45. The van der Waals surface area contributed by atoms with E-state index in [1.165, 1.54) is 24.0 Å². The maximum Gasteiger partial charge on any atom is 0.119 e. The van der Waals surface area contributed by atoms with Gasteiger partial charge in [-0.05, 0) is 76.0 Å². The molecule has 3 rings (SSSR count). The van der Waals surface area contributed by atoms with Crippen LogP contribution in [0.1, 0.15) is 79.1 Å². The lowest BCUT2D eigenvalue weighted by Crippen LogP contribution is -2.32. The molecule has 3 heteroatoms. The fraction of sp³-hybridized carbons (Fsp3) is 0.692. The molecule has 3 N–H and O–H groups in total. The number of hydrogen-bond donors (Lipinski definition) is 3. The molecule has 0 aromatic heterocycles. The molecule has 5 atom stereocenters. The van der Waals surface area contributed by atoms with Crippen LogP contribution in [0.4, 0.5) is 0 Å². The number of aliphatic hydroxyl groups is 3. The van der Waals surface area contributed by atoms with Gasteiger partial charge in [-0.2, -0.15) is 0 Å². The number of allylic oxidation sites excluding steroid dienone is 5. The van der Waals surface area contributed by atoms with Crippen LogP contribution in [0, 0.1) is 29.1 Å². The van der Waals surface area contributed by atoms with Crippen molar-refractivity contribution in [3.63, 3.8) is 0 Å². The molecule has 0 radical (unpaired) electrons. The molecule has 29 heavy (non-hydrogen) atoms. The van der Waals surface area contributed by atoms with Crippen molar-refractivity contribution in [3.8, 4) is 11.8 Å². The van der Waals surface area contributed by atoms with Crippen LogP contribution in [-0.2, 0) is 0 Å². The van der Waals surface area contributed by atoms with Gasteiger partial charge in [0.25, 0.3) is 0 Å². The summed E-state index contributed by atoms with van der Waals surface area (Å²) in [6, 6.07) is 0. The minimum Gasteiger partial charge on any atom is -0.393 e. The Morgan fingerprint density at radius 1 is 1.24 bits per heavy atom. The summed E-state index contributed by atoms with van der Waals surface area (Å²) < 4.78 is 0. The Labute approximate surface area is 176 Å². The van der Waals surface area contributed by atoms with Crippen molar-refractivity contribution in [1.29, 1.82) is 0 Å². The van der Waals surface area contributed by atoms with Gasteiger partial charge < -0.3 is 15.3 Å². The third-order valence-corrected chi connectivity index (χ3v) is 7.02. The van der Waals surface area contributed by atoms with Gasteiger partial charge in [-0.25, -0.2) is 0 Å². The summed E-state index contributed by atoms with van der Waals surface area (Å²) in [5.74, 6) is 7.09. The van der Waals surface area contributed by atoms with E-state index < -0.39 is 17.8 Å². The molecule has 0 heterocycles. The van der Waals surface area contributed by atoms with E-state index in [9.17, 15) is 15.3 Å². The summed E-state index contributed by atoms with van der Waals surface area (Å²) in [5, 5.41) is 29.7. The van der Waals surface area contributed by atoms with Crippen LogP contribution in [0.2, 0.25) is 0 Å². The van der Waals surface area contributed by atoms with Gasteiger partial charge in [0.2, 0.25) is 0 Å². The van der Waals surface area contributed by atoms with Gasteiger partial charge in [-0.3, -0.25) is 0 Å². The molecule has 0 saturated heterocycles. The minimum atomic E-state index is -0.926. The molecule has 0 aliphatic heterocycles. The van der Waals surface area contributed by atoms with Crippen LogP contribution in [0.15, 0.2) is 34.9 Å². The Bertz CT molecular complexity index is 743. The summed E-state index contributed by atoms with van der Waals surface area (Å²) in [7, 11) is 0. The van der Waals surface area contributed by atoms with Gasteiger partial charge >= 0.3 is 0 Å². The van der Waals surface area contributed by atoms with Crippen LogP contribution in [-0.4, -0.2) is 33.1 Å². The summed E-state index contributed by atoms with van der Waals surface area (Å²) >= 11 is 0.